The van der Waals surface area contributed by atoms with E-state index < -0.39 is 56.7 Å². The summed E-state index contributed by atoms with van der Waals surface area (Å²) in [5, 5.41) is 1.78. The zero-order valence-corrected chi connectivity index (χ0v) is 39.2. The van der Waals surface area contributed by atoms with E-state index in [1.807, 2.05) is 0 Å². The Morgan fingerprint density at radius 2 is 1.00 bits per heavy atom. The highest BCUT2D eigenvalue weighted by Crippen LogP contribution is 2.28. The van der Waals surface area contributed by atoms with Crippen LogP contribution in [-0.4, -0.2) is 163 Å². The van der Waals surface area contributed by atoms with E-state index >= 15 is 4.39 Å². The van der Waals surface area contributed by atoms with Crippen molar-refractivity contribution in [2.45, 2.75) is 31.6 Å². The van der Waals surface area contributed by atoms with Gasteiger partial charge in [0.1, 0.15) is 11.6 Å². The Kier molecular flexibility index (Phi) is 17.2. The van der Waals surface area contributed by atoms with Crippen LogP contribution in [0, 0.1) is 11.6 Å². The van der Waals surface area contributed by atoms with Gasteiger partial charge in [-0.15, -0.1) is 0 Å². The van der Waals surface area contributed by atoms with Gasteiger partial charge in [-0.25, -0.2) is 8.78 Å². The van der Waals surface area contributed by atoms with Crippen LogP contribution < -0.4 is 19.7 Å². The molecule has 4 aliphatic heterocycles. The Labute approximate surface area is 398 Å². The normalized spacial score (nSPS) is 17.8. The molecule has 0 aromatic heterocycles. The number of hydrogen-bond acceptors (Lipinski definition) is 12. The molecular weight excluding hydrogens is 949 g/mol. The maximum atomic E-state index is 15.0. The molecule has 0 radical (unpaired) electrons. The molecule has 3 N–H and O–H groups in total. The predicted molar refractivity (Wildman–Crippen MR) is 248 cm³/mol. The quantitative estimate of drug-likeness (QED) is 0.110. The van der Waals surface area contributed by atoms with E-state index in [4.69, 9.17) is 15.2 Å². The number of piperazine rings is 2. The Bertz CT molecular complexity index is 2640. The molecule has 0 unspecified atom stereocenters. The molecule has 1 amide bonds. The van der Waals surface area contributed by atoms with Gasteiger partial charge < -0.3 is 20.5 Å². The number of amides is 1. The Morgan fingerprint density at radius 1 is 0.609 bits per heavy atom. The van der Waals surface area contributed by atoms with Crippen molar-refractivity contribution in [1.82, 2.24) is 23.7 Å². The number of nitrogens with two attached hydrogens (primary N) is 1. The van der Waals surface area contributed by atoms with Crippen LogP contribution in [0.15, 0.2) is 97.1 Å². The summed E-state index contributed by atoms with van der Waals surface area (Å²) < 4.78 is 125. The van der Waals surface area contributed by atoms with Crippen LogP contribution in [-0.2, 0) is 47.8 Å². The summed E-state index contributed by atoms with van der Waals surface area (Å²) in [4.78, 5) is 39.4. The monoisotopic (exact) mass is 1000 g/mol. The summed E-state index contributed by atoms with van der Waals surface area (Å²) in [6.45, 7) is 4.83. The highest BCUT2D eigenvalue weighted by molar-refractivity contribution is 7.90. The fraction of sp³-hybridized carbons (Fsp3) is 0.413. The standard InChI is InChI=1S/C24H27F3N4O5S.C22H27FN4O4S/c25-21-12-17(22(32)13-28-24(33)23(26)27)6-7-18(21)14-31(19-4-2-1-3-5-19)37(34,35)30-10-8-29(9-11-30)20-15-36-16-20;23-21-12-17(22(28)13-24)6-7-18(21)14-27(19-4-2-1-3-5-19)32(29,30)26-10-8-25(9-11-26)20-15-31-16-20/h1-7,12,20,23H,8-11,13-16H2,(H,28,33);1-7,12,20H,8-11,13-16,24H2. The first-order chi connectivity index (χ1) is 33.1. The number of halogens is 4. The zero-order chi connectivity index (χ0) is 49.3. The molecule has 0 saturated carbocycles. The summed E-state index contributed by atoms with van der Waals surface area (Å²) >= 11 is 0. The Balaban J connectivity index is 0.000000206. The van der Waals surface area contributed by atoms with Crippen molar-refractivity contribution in [3.8, 4) is 0 Å². The number of ketones is 2. The maximum Gasteiger partial charge on any atom is 0.315 e. The number of carbonyl (C=O) groups excluding carboxylic acids is 3. The van der Waals surface area contributed by atoms with Gasteiger partial charge >= 0.3 is 26.8 Å². The zero-order valence-electron chi connectivity index (χ0n) is 37.5. The molecule has 372 valence electrons. The average Bonchev–Trinajstić information content (AvgIpc) is 3.32. The summed E-state index contributed by atoms with van der Waals surface area (Å²) in [7, 11) is -7.93. The van der Waals surface area contributed by atoms with Crippen LogP contribution in [0.25, 0.3) is 0 Å². The average molecular weight is 1000 g/mol. The van der Waals surface area contributed by atoms with Gasteiger partial charge in [-0.2, -0.15) is 34.2 Å². The van der Waals surface area contributed by atoms with Gasteiger partial charge in [0.15, 0.2) is 11.6 Å². The van der Waals surface area contributed by atoms with Crippen molar-refractivity contribution in [3.05, 3.63) is 131 Å². The summed E-state index contributed by atoms with van der Waals surface area (Å²) in [5.74, 6) is -4.22. The fourth-order valence-corrected chi connectivity index (χ4v) is 11.2. The van der Waals surface area contributed by atoms with Crippen molar-refractivity contribution < 1.29 is 58.3 Å². The van der Waals surface area contributed by atoms with Crippen LogP contribution in [0.4, 0.5) is 28.9 Å². The minimum absolute atomic E-state index is 0.0193. The van der Waals surface area contributed by atoms with Gasteiger partial charge in [0, 0.05) is 74.6 Å². The van der Waals surface area contributed by atoms with Gasteiger partial charge in [-0.3, -0.25) is 32.8 Å². The first kappa shape index (κ1) is 51.5. The van der Waals surface area contributed by atoms with E-state index in [-0.39, 0.29) is 60.8 Å². The largest absolute Gasteiger partial charge is 0.378 e. The molecule has 0 bridgehead atoms. The van der Waals surface area contributed by atoms with E-state index in [1.165, 1.54) is 37.2 Å². The molecule has 8 rings (SSSR count). The number of nitrogens with one attached hydrogen (secondary N) is 1. The molecular formula is C46H54F4N8O9S2. The van der Waals surface area contributed by atoms with Crippen molar-refractivity contribution in [1.29, 1.82) is 0 Å². The molecule has 4 aliphatic rings. The van der Waals surface area contributed by atoms with Crippen molar-refractivity contribution in [2.75, 3.05) is 100 Å². The third kappa shape index (κ3) is 12.5. The number of nitrogens with zero attached hydrogens (tertiary/aromatic N) is 6. The number of para-hydroxylation sites is 2. The van der Waals surface area contributed by atoms with E-state index in [0.29, 0.717) is 89.2 Å². The minimum Gasteiger partial charge on any atom is -0.378 e. The number of Topliss-reactive ketones (excluding diaryl/α,β-unsaturated/α-hetero) is 2. The van der Waals surface area contributed by atoms with Crippen molar-refractivity contribution in [3.63, 3.8) is 0 Å². The molecule has 17 nitrogen and oxygen atoms in total. The second kappa shape index (κ2) is 23.0. The maximum absolute atomic E-state index is 15.0. The Morgan fingerprint density at radius 3 is 1.33 bits per heavy atom. The second-order valence-electron chi connectivity index (χ2n) is 16.6. The minimum atomic E-state index is -4.03. The van der Waals surface area contributed by atoms with Gasteiger partial charge in [-0.05, 0) is 36.4 Å². The first-order valence-electron chi connectivity index (χ1n) is 22.2. The first-order valence-corrected chi connectivity index (χ1v) is 25.0. The predicted octanol–water partition coefficient (Wildman–Crippen LogP) is 2.89. The van der Waals surface area contributed by atoms with Crippen molar-refractivity contribution >= 4 is 49.3 Å². The topological polar surface area (TPSA) is 195 Å². The number of anilines is 2. The second-order valence-corrected chi connectivity index (χ2v) is 20.3. The molecule has 4 saturated heterocycles. The van der Waals surface area contributed by atoms with Crippen molar-refractivity contribution in [2.24, 2.45) is 5.73 Å². The molecule has 4 heterocycles. The lowest BCUT2D eigenvalue weighted by Gasteiger charge is -2.43. The van der Waals surface area contributed by atoms with Gasteiger partial charge in [0.05, 0.1) is 76.1 Å². The third-order valence-electron chi connectivity index (χ3n) is 12.3. The van der Waals surface area contributed by atoms with Gasteiger partial charge in [-0.1, -0.05) is 60.7 Å². The van der Waals surface area contributed by atoms with E-state index in [0.717, 1.165) is 16.4 Å². The number of rotatable bonds is 18. The number of hydrogen-bond donors (Lipinski definition) is 2. The molecule has 0 atom stereocenters. The highest BCUT2D eigenvalue weighted by atomic mass is 32.2. The summed E-state index contributed by atoms with van der Waals surface area (Å²) in [6, 6.07) is 25.1. The third-order valence-corrected chi connectivity index (χ3v) is 16.1. The molecule has 23 heteroatoms. The van der Waals surface area contributed by atoms with E-state index in [2.05, 4.69) is 9.80 Å². The molecule has 69 heavy (non-hydrogen) atoms. The highest BCUT2D eigenvalue weighted by Gasteiger charge is 2.38. The van der Waals surface area contributed by atoms with Crippen LogP contribution in [0.1, 0.15) is 31.8 Å². The van der Waals surface area contributed by atoms with Gasteiger partial charge in [0.25, 0.3) is 5.91 Å². The van der Waals surface area contributed by atoms with E-state index in [9.17, 15) is 44.4 Å². The van der Waals surface area contributed by atoms with Crippen LogP contribution >= 0.6 is 0 Å². The fourth-order valence-electron chi connectivity index (χ4n) is 8.02. The molecule has 4 aromatic carbocycles. The lowest BCUT2D eigenvalue weighted by molar-refractivity contribution is -0.131. The van der Waals surface area contributed by atoms with Gasteiger partial charge in [0.2, 0.25) is 0 Å². The SMILES string of the molecule is NCC(=O)c1ccc(CN(c2ccccc2)S(=O)(=O)N2CCN(C3COC3)CC2)c(F)c1.O=C(CNC(=O)C(F)F)c1ccc(CN(c2ccccc2)S(=O)(=O)N2CCN(C3COC3)CC2)c(F)c1. The summed E-state index contributed by atoms with van der Waals surface area (Å²) in [5.41, 5.74) is 6.38. The van der Waals surface area contributed by atoms with E-state index in [1.54, 1.807) is 66.0 Å². The lowest BCUT2D eigenvalue weighted by atomic mass is 10.1. The lowest BCUT2D eigenvalue weighted by Crippen LogP contribution is -2.59. The number of alkyl halides is 2. The van der Waals surface area contributed by atoms with Crippen LogP contribution in [0.2, 0.25) is 0 Å². The number of carbonyl (C=O) groups is 3. The van der Waals surface area contributed by atoms with Crippen LogP contribution in [0.3, 0.4) is 0 Å². The molecule has 4 fully saturated rings. The van der Waals surface area contributed by atoms with Crippen LogP contribution in [0.5, 0.6) is 0 Å². The number of ether oxygens (including phenoxy) is 2. The molecule has 0 aliphatic carbocycles. The Hall–Kier alpha value is -5.37. The summed E-state index contributed by atoms with van der Waals surface area (Å²) in [6.07, 6.45) is -3.27. The smallest absolute Gasteiger partial charge is 0.315 e. The molecule has 4 aromatic rings. The molecule has 0 spiro atoms. The number of benzene rings is 4.